The molecule has 0 saturated carbocycles. The minimum atomic E-state index is -0.0181. The molecule has 14 heavy (non-hydrogen) atoms. The Kier molecular flexibility index (Phi) is 4.28. The number of aromatic nitrogens is 2. The molecule has 1 heterocycles. The Morgan fingerprint density at radius 3 is 3.00 bits per heavy atom. The molecule has 1 aromatic heterocycles. The molecule has 0 aliphatic carbocycles. The molecule has 0 amide bonds. The summed E-state index contributed by atoms with van der Waals surface area (Å²) in [6, 6.07) is 0. The summed E-state index contributed by atoms with van der Waals surface area (Å²) in [7, 11) is 0. The zero-order valence-electron chi connectivity index (χ0n) is 8.38. The van der Waals surface area contributed by atoms with Crippen LogP contribution in [0, 0.1) is 6.92 Å². The largest absolute Gasteiger partial charge is 0.315 e. The van der Waals surface area contributed by atoms with Crippen molar-refractivity contribution in [1.82, 2.24) is 14.9 Å². The summed E-state index contributed by atoms with van der Waals surface area (Å²) < 4.78 is 2.17. The van der Waals surface area contributed by atoms with E-state index in [2.05, 4.69) is 26.2 Å². The summed E-state index contributed by atoms with van der Waals surface area (Å²) in [6.45, 7) is 6.23. The van der Waals surface area contributed by atoms with Crippen LogP contribution in [0.2, 0.25) is 0 Å². The number of hydrogen-bond acceptors (Lipinski definition) is 3. The lowest BCUT2D eigenvalue weighted by atomic mass is 10.5. The van der Waals surface area contributed by atoms with Crippen molar-refractivity contribution in [3.8, 4) is 0 Å². The second kappa shape index (κ2) is 5.26. The van der Waals surface area contributed by atoms with Gasteiger partial charge in [0.25, 0.3) is 5.56 Å². The first-order valence-corrected chi connectivity index (χ1v) is 5.38. The second-order valence-electron chi connectivity index (χ2n) is 2.96. The highest BCUT2D eigenvalue weighted by Crippen LogP contribution is 2.00. The zero-order chi connectivity index (χ0) is 10.6. The standard InChI is InChI=1S/C9H14BrN3O/c1-3-11-4-5-13-7(2)12-6-8(10)9(13)14/h6,11H,3-5H2,1-2H3. The molecule has 78 valence electrons. The van der Waals surface area contributed by atoms with E-state index in [-0.39, 0.29) is 5.56 Å². The van der Waals surface area contributed by atoms with Gasteiger partial charge in [-0.05, 0) is 29.4 Å². The van der Waals surface area contributed by atoms with E-state index in [1.165, 1.54) is 0 Å². The topological polar surface area (TPSA) is 46.9 Å². The Morgan fingerprint density at radius 2 is 2.36 bits per heavy atom. The van der Waals surface area contributed by atoms with E-state index in [0.717, 1.165) is 18.9 Å². The average Bonchev–Trinajstić information content (AvgIpc) is 2.18. The predicted molar refractivity (Wildman–Crippen MR) is 59.5 cm³/mol. The maximum Gasteiger partial charge on any atom is 0.267 e. The quantitative estimate of drug-likeness (QED) is 0.819. The molecule has 5 heteroatoms. The number of likely N-dealkylation sites (N-methyl/N-ethyl adjacent to an activating group) is 1. The second-order valence-corrected chi connectivity index (χ2v) is 3.82. The fourth-order valence-corrected chi connectivity index (χ4v) is 1.50. The average molecular weight is 260 g/mol. The molecule has 0 spiro atoms. The first-order valence-electron chi connectivity index (χ1n) is 4.59. The monoisotopic (exact) mass is 259 g/mol. The lowest BCUT2D eigenvalue weighted by molar-refractivity contribution is 0.575. The van der Waals surface area contributed by atoms with Gasteiger partial charge in [0, 0.05) is 19.3 Å². The summed E-state index contributed by atoms with van der Waals surface area (Å²) in [5.74, 6) is 0.746. The minimum absolute atomic E-state index is 0.0181. The molecule has 1 N–H and O–H groups in total. The van der Waals surface area contributed by atoms with Crippen LogP contribution in [0.1, 0.15) is 12.7 Å². The number of rotatable bonds is 4. The van der Waals surface area contributed by atoms with Crippen LogP contribution < -0.4 is 10.9 Å². The van der Waals surface area contributed by atoms with Gasteiger partial charge >= 0.3 is 0 Å². The molecule has 0 aromatic carbocycles. The number of halogens is 1. The molecule has 4 nitrogen and oxygen atoms in total. The zero-order valence-corrected chi connectivity index (χ0v) is 9.97. The van der Waals surface area contributed by atoms with Gasteiger partial charge in [0.1, 0.15) is 10.3 Å². The van der Waals surface area contributed by atoms with Crippen molar-refractivity contribution in [1.29, 1.82) is 0 Å². The molecule has 0 bridgehead atoms. The van der Waals surface area contributed by atoms with Crippen LogP contribution in [0.25, 0.3) is 0 Å². The highest BCUT2D eigenvalue weighted by atomic mass is 79.9. The molecule has 0 fully saturated rings. The molecule has 0 saturated heterocycles. The van der Waals surface area contributed by atoms with Gasteiger partial charge in [0.15, 0.2) is 0 Å². The van der Waals surface area contributed by atoms with E-state index >= 15 is 0 Å². The Labute approximate surface area is 91.5 Å². The van der Waals surface area contributed by atoms with Crippen molar-refractivity contribution in [3.05, 3.63) is 26.8 Å². The lowest BCUT2D eigenvalue weighted by Gasteiger charge is -2.09. The highest BCUT2D eigenvalue weighted by molar-refractivity contribution is 9.10. The van der Waals surface area contributed by atoms with E-state index < -0.39 is 0 Å². The smallest absolute Gasteiger partial charge is 0.267 e. The Balaban J connectivity index is 2.84. The predicted octanol–water partition coefficient (Wildman–Crippen LogP) is 0.924. The van der Waals surface area contributed by atoms with Crippen molar-refractivity contribution >= 4 is 15.9 Å². The van der Waals surface area contributed by atoms with Crippen LogP contribution in [-0.4, -0.2) is 22.6 Å². The van der Waals surface area contributed by atoms with Crippen molar-refractivity contribution in [2.75, 3.05) is 13.1 Å². The van der Waals surface area contributed by atoms with E-state index in [1.54, 1.807) is 10.8 Å². The van der Waals surface area contributed by atoms with E-state index in [1.807, 2.05) is 13.8 Å². The summed E-state index contributed by atoms with van der Waals surface area (Å²) in [4.78, 5) is 15.7. The Bertz CT molecular complexity index is 362. The van der Waals surface area contributed by atoms with Gasteiger partial charge in [-0.25, -0.2) is 4.98 Å². The molecule has 1 rings (SSSR count). The summed E-state index contributed by atoms with van der Waals surface area (Å²) in [5, 5.41) is 3.17. The van der Waals surface area contributed by atoms with Gasteiger partial charge in [-0.3, -0.25) is 9.36 Å². The van der Waals surface area contributed by atoms with Crippen molar-refractivity contribution < 1.29 is 0 Å². The fraction of sp³-hybridized carbons (Fsp3) is 0.556. The molecule has 0 unspecified atom stereocenters. The molecule has 0 radical (unpaired) electrons. The van der Waals surface area contributed by atoms with E-state index in [0.29, 0.717) is 11.0 Å². The summed E-state index contributed by atoms with van der Waals surface area (Å²) >= 11 is 3.17. The maximum absolute atomic E-state index is 11.6. The normalized spacial score (nSPS) is 10.5. The van der Waals surface area contributed by atoms with Crippen LogP contribution in [0.4, 0.5) is 0 Å². The van der Waals surface area contributed by atoms with Crippen molar-refractivity contribution in [2.45, 2.75) is 20.4 Å². The number of nitrogens with one attached hydrogen (secondary N) is 1. The van der Waals surface area contributed by atoms with Gasteiger partial charge in [-0.1, -0.05) is 6.92 Å². The van der Waals surface area contributed by atoms with Gasteiger partial charge in [-0.15, -0.1) is 0 Å². The SMILES string of the molecule is CCNCCn1c(C)ncc(Br)c1=O. The third-order valence-corrected chi connectivity index (χ3v) is 2.51. The van der Waals surface area contributed by atoms with Gasteiger partial charge in [0.05, 0.1) is 0 Å². The molecule has 0 aliphatic heterocycles. The first-order chi connectivity index (χ1) is 6.66. The number of nitrogens with zero attached hydrogens (tertiary/aromatic N) is 2. The summed E-state index contributed by atoms with van der Waals surface area (Å²) in [6.07, 6.45) is 1.54. The minimum Gasteiger partial charge on any atom is -0.315 e. The van der Waals surface area contributed by atoms with Crippen LogP contribution in [0.5, 0.6) is 0 Å². The third-order valence-electron chi connectivity index (χ3n) is 1.97. The Hall–Kier alpha value is -0.680. The van der Waals surface area contributed by atoms with E-state index in [4.69, 9.17) is 0 Å². The van der Waals surface area contributed by atoms with Gasteiger partial charge in [-0.2, -0.15) is 0 Å². The lowest BCUT2D eigenvalue weighted by Crippen LogP contribution is -2.29. The highest BCUT2D eigenvalue weighted by Gasteiger charge is 2.03. The molecular formula is C9H14BrN3O. The van der Waals surface area contributed by atoms with Crippen molar-refractivity contribution in [2.24, 2.45) is 0 Å². The van der Waals surface area contributed by atoms with E-state index in [9.17, 15) is 4.79 Å². The molecule has 0 atom stereocenters. The molecular weight excluding hydrogens is 246 g/mol. The van der Waals surface area contributed by atoms with Crippen molar-refractivity contribution in [3.63, 3.8) is 0 Å². The van der Waals surface area contributed by atoms with Crippen LogP contribution in [-0.2, 0) is 6.54 Å². The van der Waals surface area contributed by atoms with Crippen LogP contribution >= 0.6 is 15.9 Å². The van der Waals surface area contributed by atoms with Crippen LogP contribution in [0.3, 0.4) is 0 Å². The number of hydrogen-bond donors (Lipinski definition) is 1. The molecule has 1 aromatic rings. The third kappa shape index (κ3) is 2.65. The van der Waals surface area contributed by atoms with Gasteiger partial charge < -0.3 is 5.32 Å². The first kappa shape index (κ1) is 11.4. The number of aryl methyl sites for hydroxylation is 1. The Morgan fingerprint density at radius 1 is 1.64 bits per heavy atom. The maximum atomic E-state index is 11.6. The van der Waals surface area contributed by atoms with Gasteiger partial charge in [0.2, 0.25) is 0 Å². The molecule has 0 aliphatic rings. The summed E-state index contributed by atoms with van der Waals surface area (Å²) in [5.41, 5.74) is -0.0181. The fourth-order valence-electron chi connectivity index (χ4n) is 1.18. The van der Waals surface area contributed by atoms with Crippen LogP contribution in [0.15, 0.2) is 15.5 Å².